The molecule has 1 amide bonds. The van der Waals surface area contributed by atoms with Crippen LogP contribution in [0.3, 0.4) is 0 Å². The Labute approximate surface area is 129 Å². The maximum atomic E-state index is 13.5. The quantitative estimate of drug-likeness (QED) is 0.787. The minimum atomic E-state index is -0.674. The predicted octanol–water partition coefficient (Wildman–Crippen LogP) is 3.86. The van der Waals surface area contributed by atoms with E-state index in [0.29, 0.717) is 16.3 Å². The molecule has 1 aliphatic rings. The lowest BCUT2D eigenvalue weighted by atomic mass is 10.1. The van der Waals surface area contributed by atoms with Crippen LogP contribution in [0.1, 0.15) is 15.9 Å². The maximum absolute atomic E-state index is 13.5. The van der Waals surface area contributed by atoms with Gasteiger partial charge in [0.1, 0.15) is 5.82 Å². The van der Waals surface area contributed by atoms with E-state index in [9.17, 15) is 14.0 Å². The van der Waals surface area contributed by atoms with Crippen molar-refractivity contribution in [2.45, 2.75) is 6.54 Å². The third-order valence-corrected chi connectivity index (χ3v) is 3.95. The highest BCUT2D eigenvalue weighted by atomic mass is 35.5. The highest BCUT2D eigenvalue weighted by Gasteiger charge is 2.36. The second kappa shape index (κ2) is 5.13. The van der Waals surface area contributed by atoms with Gasteiger partial charge in [-0.3, -0.25) is 9.59 Å². The zero-order valence-electron chi connectivity index (χ0n) is 10.6. The van der Waals surface area contributed by atoms with Crippen LogP contribution in [0.4, 0.5) is 10.1 Å². The zero-order chi connectivity index (χ0) is 15.1. The van der Waals surface area contributed by atoms with Gasteiger partial charge < -0.3 is 4.90 Å². The lowest BCUT2D eigenvalue weighted by molar-refractivity contribution is -0.114. The molecule has 0 bridgehead atoms. The number of benzene rings is 2. The number of anilines is 1. The number of carbonyl (C=O) groups excluding carboxylic acids is 2. The number of fused-ring (bicyclic) bond motifs is 1. The Bertz CT molecular complexity index is 776. The van der Waals surface area contributed by atoms with Crippen LogP contribution in [0.5, 0.6) is 0 Å². The monoisotopic (exact) mass is 323 g/mol. The third kappa shape index (κ3) is 2.30. The van der Waals surface area contributed by atoms with Gasteiger partial charge in [-0.2, -0.15) is 0 Å². The molecule has 106 valence electrons. The summed E-state index contributed by atoms with van der Waals surface area (Å²) in [6, 6.07) is 8.92. The molecule has 0 saturated heterocycles. The second-order valence-corrected chi connectivity index (χ2v) is 5.41. The van der Waals surface area contributed by atoms with E-state index in [1.54, 1.807) is 12.1 Å². The molecule has 2 aromatic rings. The van der Waals surface area contributed by atoms with Gasteiger partial charge >= 0.3 is 0 Å². The summed E-state index contributed by atoms with van der Waals surface area (Å²) >= 11 is 11.8. The van der Waals surface area contributed by atoms with Crippen molar-refractivity contribution < 1.29 is 14.0 Å². The topological polar surface area (TPSA) is 37.4 Å². The highest BCUT2D eigenvalue weighted by molar-refractivity contribution is 6.52. The standard InChI is InChI=1S/C15H8Cl2FNO2/c16-9-4-5-10-12(6-9)19(15(21)14(10)20)7-8-2-1-3-11(18)13(8)17/h1-6H,7H2. The molecule has 0 atom stereocenters. The molecular formula is C15H8Cl2FNO2. The van der Waals surface area contributed by atoms with Gasteiger partial charge in [-0.1, -0.05) is 35.3 Å². The lowest BCUT2D eigenvalue weighted by Crippen LogP contribution is -2.29. The second-order valence-electron chi connectivity index (χ2n) is 4.59. The molecule has 0 aromatic heterocycles. The molecule has 3 nitrogen and oxygen atoms in total. The maximum Gasteiger partial charge on any atom is 0.299 e. The van der Waals surface area contributed by atoms with Crippen molar-refractivity contribution >= 4 is 40.6 Å². The number of nitrogens with zero attached hydrogens (tertiary/aromatic N) is 1. The summed E-state index contributed by atoms with van der Waals surface area (Å²) in [5, 5.41) is 0.347. The molecule has 1 heterocycles. The van der Waals surface area contributed by atoms with Gasteiger partial charge in [0, 0.05) is 5.02 Å². The molecule has 2 aromatic carbocycles. The van der Waals surface area contributed by atoms with Gasteiger partial charge in [0.25, 0.3) is 11.7 Å². The molecule has 0 spiro atoms. The Balaban J connectivity index is 2.04. The molecule has 0 fully saturated rings. The smallest absolute Gasteiger partial charge is 0.299 e. The van der Waals surface area contributed by atoms with Crippen LogP contribution in [-0.2, 0) is 11.3 Å². The highest BCUT2D eigenvalue weighted by Crippen LogP contribution is 2.33. The van der Waals surface area contributed by atoms with Gasteiger partial charge in [0.2, 0.25) is 0 Å². The molecule has 1 aliphatic heterocycles. The number of amides is 1. The van der Waals surface area contributed by atoms with Crippen LogP contribution in [0.2, 0.25) is 10.0 Å². The summed E-state index contributed by atoms with van der Waals surface area (Å²) in [7, 11) is 0. The Hall–Kier alpha value is -1.91. The Kier molecular flexibility index (Phi) is 3.43. The van der Waals surface area contributed by atoms with Gasteiger partial charge in [0.05, 0.1) is 22.8 Å². The van der Waals surface area contributed by atoms with Crippen molar-refractivity contribution in [2.24, 2.45) is 0 Å². The van der Waals surface area contributed by atoms with Crippen molar-refractivity contribution in [3.05, 3.63) is 63.4 Å². The minimum absolute atomic E-state index is 0.00844. The first-order valence-corrected chi connectivity index (χ1v) is 6.83. The number of rotatable bonds is 2. The fourth-order valence-electron chi connectivity index (χ4n) is 2.27. The average molecular weight is 324 g/mol. The zero-order valence-corrected chi connectivity index (χ0v) is 12.1. The van der Waals surface area contributed by atoms with Gasteiger partial charge in [-0.15, -0.1) is 0 Å². The molecule has 21 heavy (non-hydrogen) atoms. The van der Waals surface area contributed by atoms with Crippen LogP contribution < -0.4 is 4.90 Å². The molecule has 0 unspecified atom stereocenters. The van der Waals surface area contributed by atoms with E-state index < -0.39 is 17.5 Å². The molecular weight excluding hydrogens is 316 g/mol. The van der Waals surface area contributed by atoms with E-state index in [0.717, 1.165) is 0 Å². The van der Waals surface area contributed by atoms with Crippen LogP contribution in [-0.4, -0.2) is 11.7 Å². The summed E-state index contributed by atoms with van der Waals surface area (Å²) in [5.41, 5.74) is 1.13. The van der Waals surface area contributed by atoms with E-state index in [-0.39, 0.29) is 17.1 Å². The van der Waals surface area contributed by atoms with Crippen molar-refractivity contribution in [3.8, 4) is 0 Å². The number of Topliss-reactive ketones (excluding diaryl/α,β-unsaturated/α-hetero) is 1. The Morgan fingerprint density at radius 1 is 1.10 bits per heavy atom. The van der Waals surface area contributed by atoms with Crippen LogP contribution in [0.15, 0.2) is 36.4 Å². The van der Waals surface area contributed by atoms with E-state index >= 15 is 0 Å². The third-order valence-electron chi connectivity index (χ3n) is 3.29. The first-order valence-electron chi connectivity index (χ1n) is 6.07. The molecule has 0 aliphatic carbocycles. The van der Waals surface area contributed by atoms with Crippen LogP contribution in [0, 0.1) is 5.82 Å². The first kappa shape index (κ1) is 14.0. The number of ketones is 1. The molecule has 3 rings (SSSR count). The van der Waals surface area contributed by atoms with E-state index in [1.165, 1.54) is 29.2 Å². The summed E-state index contributed by atoms with van der Waals surface area (Å²) in [6.07, 6.45) is 0. The van der Waals surface area contributed by atoms with Crippen molar-refractivity contribution in [2.75, 3.05) is 4.90 Å². The largest absolute Gasteiger partial charge is 0.300 e. The average Bonchev–Trinajstić information content (AvgIpc) is 2.68. The molecule has 0 saturated carbocycles. The fraction of sp³-hybridized carbons (Fsp3) is 0.0667. The predicted molar refractivity (Wildman–Crippen MR) is 78.4 cm³/mol. The lowest BCUT2D eigenvalue weighted by Gasteiger charge is -2.17. The molecule has 0 N–H and O–H groups in total. The van der Waals surface area contributed by atoms with Gasteiger partial charge in [0.15, 0.2) is 0 Å². The van der Waals surface area contributed by atoms with Crippen molar-refractivity contribution in [1.29, 1.82) is 0 Å². The summed E-state index contributed by atoms with van der Waals surface area (Å²) < 4.78 is 13.5. The summed E-state index contributed by atoms with van der Waals surface area (Å²) in [5.74, 6) is -1.85. The van der Waals surface area contributed by atoms with Crippen LogP contribution >= 0.6 is 23.2 Å². The van der Waals surface area contributed by atoms with E-state index in [1.807, 2.05) is 0 Å². The number of hydrogen-bond donors (Lipinski definition) is 0. The molecule has 6 heteroatoms. The Morgan fingerprint density at radius 3 is 2.62 bits per heavy atom. The number of hydrogen-bond acceptors (Lipinski definition) is 2. The van der Waals surface area contributed by atoms with Crippen LogP contribution in [0.25, 0.3) is 0 Å². The van der Waals surface area contributed by atoms with Gasteiger partial charge in [-0.05, 0) is 29.8 Å². The number of halogens is 3. The first-order chi connectivity index (χ1) is 9.99. The van der Waals surface area contributed by atoms with Gasteiger partial charge in [-0.25, -0.2) is 4.39 Å². The fourth-order valence-corrected chi connectivity index (χ4v) is 2.62. The summed E-state index contributed by atoms with van der Waals surface area (Å²) in [4.78, 5) is 25.2. The molecule has 0 radical (unpaired) electrons. The van der Waals surface area contributed by atoms with Crippen molar-refractivity contribution in [3.63, 3.8) is 0 Å². The van der Waals surface area contributed by atoms with Crippen molar-refractivity contribution in [1.82, 2.24) is 0 Å². The minimum Gasteiger partial charge on any atom is -0.300 e. The Morgan fingerprint density at radius 2 is 1.86 bits per heavy atom. The summed E-state index contributed by atoms with van der Waals surface area (Å²) in [6.45, 7) is 0.00844. The SMILES string of the molecule is O=C1C(=O)N(Cc2cccc(F)c2Cl)c2cc(Cl)ccc21. The normalized spacial score (nSPS) is 13.8. The van der Waals surface area contributed by atoms with E-state index in [2.05, 4.69) is 0 Å². The van der Waals surface area contributed by atoms with E-state index in [4.69, 9.17) is 23.2 Å². The number of carbonyl (C=O) groups is 2.